The summed E-state index contributed by atoms with van der Waals surface area (Å²) in [7, 11) is 0. The maximum Gasteiger partial charge on any atom is 0.267 e. The van der Waals surface area contributed by atoms with Gasteiger partial charge in [0.1, 0.15) is 10.9 Å². The number of hydrogen-bond donors (Lipinski definition) is 1. The summed E-state index contributed by atoms with van der Waals surface area (Å²) in [5.41, 5.74) is 0.532. The van der Waals surface area contributed by atoms with Gasteiger partial charge < -0.3 is 9.84 Å². The Kier molecular flexibility index (Phi) is 4.72. The van der Waals surface area contributed by atoms with Crippen LogP contribution < -0.4 is 0 Å². The molecule has 1 saturated heterocycles. The van der Waals surface area contributed by atoms with E-state index in [1.54, 1.807) is 11.0 Å². The number of nitrogens with zero attached hydrogens (tertiary/aromatic N) is 1. The number of ether oxygens (including phenoxy) is 1. The van der Waals surface area contributed by atoms with Crippen molar-refractivity contribution in [1.82, 2.24) is 4.90 Å². The van der Waals surface area contributed by atoms with Gasteiger partial charge in [-0.1, -0.05) is 72.3 Å². The van der Waals surface area contributed by atoms with Crippen LogP contribution in [-0.2, 0) is 9.53 Å². The normalized spacial score (nSPS) is 33.2. The van der Waals surface area contributed by atoms with E-state index < -0.39 is 10.9 Å². The molecule has 0 radical (unpaired) electrons. The number of amides is 1. The van der Waals surface area contributed by atoms with E-state index in [2.05, 4.69) is 29.8 Å². The number of aliphatic hydroxyl groups is 1. The molecule has 1 aromatic carbocycles. The smallest absolute Gasteiger partial charge is 0.267 e. The van der Waals surface area contributed by atoms with E-state index in [4.69, 9.17) is 17.0 Å². The molecule has 2 saturated carbocycles. The third-order valence-corrected chi connectivity index (χ3v) is 8.12. The summed E-state index contributed by atoms with van der Waals surface area (Å²) < 4.78 is 5.95. The van der Waals surface area contributed by atoms with Gasteiger partial charge in [-0.3, -0.25) is 9.69 Å². The summed E-state index contributed by atoms with van der Waals surface area (Å²) in [6.07, 6.45) is 5.40. The van der Waals surface area contributed by atoms with Crippen LogP contribution >= 0.6 is 28.1 Å². The summed E-state index contributed by atoms with van der Waals surface area (Å²) in [6, 6.07) is 9.69. The van der Waals surface area contributed by atoms with Gasteiger partial charge >= 0.3 is 0 Å². The minimum Gasteiger partial charge on any atom is -0.465 e. The van der Waals surface area contributed by atoms with Crippen LogP contribution in [0.15, 0.2) is 36.4 Å². The molecular weight excluding hydrogens is 426 g/mol. The van der Waals surface area contributed by atoms with Crippen LogP contribution in [0.1, 0.15) is 38.7 Å². The van der Waals surface area contributed by atoms with Crippen molar-refractivity contribution < 1.29 is 14.6 Å². The molecule has 3 aliphatic rings. The number of benzene rings is 1. The van der Waals surface area contributed by atoms with Crippen LogP contribution in [0.3, 0.4) is 0 Å². The van der Waals surface area contributed by atoms with Crippen LogP contribution in [0.2, 0.25) is 0 Å². The Bertz CT molecular complexity index is 796. The van der Waals surface area contributed by atoms with Gasteiger partial charge in [-0.25, -0.2) is 0 Å². The average Bonchev–Trinajstić information content (AvgIpc) is 3.17. The SMILES string of the molecule is CC1(C)[C@@H]2CC[C@]13[C@@H](C2)OC(=S)N3C(=O)[C@H](Br)[C@@H](O)/C=C/c1ccccc1. The lowest BCUT2D eigenvalue weighted by atomic mass is 9.74. The molecule has 144 valence electrons. The zero-order chi connectivity index (χ0) is 19.4. The highest BCUT2D eigenvalue weighted by Crippen LogP contribution is 2.66. The molecule has 1 amide bonds. The highest BCUT2D eigenvalue weighted by atomic mass is 79.9. The van der Waals surface area contributed by atoms with Crippen LogP contribution in [0, 0.1) is 11.3 Å². The molecule has 0 aromatic heterocycles. The minimum atomic E-state index is -0.960. The van der Waals surface area contributed by atoms with Gasteiger partial charge in [0.25, 0.3) is 5.17 Å². The predicted molar refractivity (Wildman–Crippen MR) is 112 cm³/mol. The zero-order valence-electron chi connectivity index (χ0n) is 15.5. The van der Waals surface area contributed by atoms with Gasteiger partial charge in [0.2, 0.25) is 5.91 Å². The van der Waals surface area contributed by atoms with Crippen LogP contribution in [0.25, 0.3) is 6.08 Å². The molecule has 1 heterocycles. The Morgan fingerprint density at radius 1 is 1.41 bits per heavy atom. The summed E-state index contributed by atoms with van der Waals surface area (Å²) in [5, 5.41) is 10.8. The van der Waals surface area contributed by atoms with Gasteiger partial charge in [0.05, 0.1) is 11.6 Å². The number of aliphatic hydroxyl groups excluding tert-OH is 1. The fourth-order valence-electron chi connectivity index (χ4n) is 5.33. The van der Waals surface area contributed by atoms with Crippen molar-refractivity contribution in [3.05, 3.63) is 42.0 Å². The second-order valence-corrected chi connectivity index (χ2v) is 9.66. The van der Waals surface area contributed by atoms with Crippen molar-refractivity contribution in [2.45, 2.75) is 55.7 Å². The van der Waals surface area contributed by atoms with Gasteiger partial charge in [-0.2, -0.15) is 0 Å². The summed E-state index contributed by atoms with van der Waals surface area (Å²) in [6.45, 7) is 4.44. The number of rotatable bonds is 4. The second-order valence-electron chi connectivity index (χ2n) is 8.33. The quantitative estimate of drug-likeness (QED) is 0.558. The molecule has 1 aliphatic heterocycles. The van der Waals surface area contributed by atoms with E-state index in [0.717, 1.165) is 24.8 Å². The first-order chi connectivity index (χ1) is 12.8. The molecule has 27 heavy (non-hydrogen) atoms. The lowest BCUT2D eigenvalue weighted by Crippen LogP contribution is -2.59. The molecule has 2 bridgehead atoms. The number of hydrogen-bond acceptors (Lipinski definition) is 4. The fourth-order valence-corrected chi connectivity index (χ4v) is 6.08. The maximum absolute atomic E-state index is 13.3. The van der Waals surface area contributed by atoms with E-state index in [9.17, 15) is 9.90 Å². The van der Waals surface area contributed by atoms with Crippen molar-refractivity contribution in [3.63, 3.8) is 0 Å². The van der Waals surface area contributed by atoms with Crippen LogP contribution in [0.4, 0.5) is 0 Å². The standard InChI is InChI=1S/C21H24BrNO3S/c1-20(2)14-10-11-21(20)16(12-14)26-19(27)23(21)18(25)17(22)15(24)9-8-13-6-4-3-5-7-13/h3-9,14-17,24H,10-12H2,1-2H3/b9-8+/t14-,15+,16-,17-,21+/m1/s1. The highest BCUT2D eigenvalue weighted by molar-refractivity contribution is 9.10. The van der Waals surface area contributed by atoms with Gasteiger partial charge in [0, 0.05) is 0 Å². The Morgan fingerprint density at radius 3 is 2.78 bits per heavy atom. The number of thiocarbonyl (C=S) groups is 1. The van der Waals surface area contributed by atoms with Gasteiger partial charge in [0.15, 0.2) is 0 Å². The molecule has 5 atom stereocenters. The molecule has 1 aromatic rings. The molecule has 1 N–H and O–H groups in total. The number of carbonyl (C=O) groups excluding carboxylic acids is 1. The first-order valence-electron chi connectivity index (χ1n) is 9.39. The van der Waals surface area contributed by atoms with Crippen molar-refractivity contribution in [2.24, 2.45) is 11.3 Å². The van der Waals surface area contributed by atoms with Crippen molar-refractivity contribution in [3.8, 4) is 0 Å². The van der Waals surface area contributed by atoms with Crippen LogP contribution in [-0.4, -0.2) is 43.7 Å². The molecule has 6 heteroatoms. The average molecular weight is 450 g/mol. The van der Waals surface area contributed by atoms with E-state index in [1.807, 2.05) is 36.4 Å². The third-order valence-electron chi connectivity index (χ3n) is 6.91. The molecule has 0 unspecified atom stereocenters. The number of halogens is 1. The Morgan fingerprint density at radius 2 is 2.11 bits per heavy atom. The second kappa shape index (κ2) is 6.68. The van der Waals surface area contributed by atoms with Crippen molar-refractivity contribution in [2.75, 3.05) is 0 Å². The van der Waals surface area contributed by atoms with E-state index in [-0.39, 0.29) is 28.1 Å². The molecule has 4 rings (SSSR count). The monoisotopic (exact) mass is 449 g/mol. The minimum absolute atomic E-state index is 0.0283. The van der Waals surface area contributed by atoms with Gasteiger partial charge in [-0.15, -0.1) is 0 Å². The zero-order valence-corrected chi connectivity index (χ0v) is 17.9. The predicted octanol–water partition coefficient (Wildman–Crippen LogP) is 3.92. The highest BCUT2D eigenvalue weighted by Gasteiger charge is 2.73. The number of carbonyl (C=O) groups is 1. The molecule has 1 spiro atoms. The lowest BCUT2D eigenvalue weighted by molar-refractivity contribution is -0.134. The number of alkyl halides is 1. The molecular formula is C21H24BrNO3S. The first kappa shape index (κ1) is 19.1. The third kappa shape index (κ3) is 2.71. The van der Waals surface area contributed by atoms with Crippen LogP contribution in [0.5, 0.6) is 0 Å². The van der Waals surface area contributed by atoms with Crippen molar-refractivity contribution >= 4 is 45.3 Å². The summed E-state index contributed by atoms with van der Waals surface area (Å²) in [5.74, 6) is 0.320. The molecule has 3 fully saturated rings. The Hall–Kier alpha value is -1.24. The Labute approximate surface area is 173 Å². The summed E-state index contributed by atoms with van der Waals surface area (Å²) in [4.78, 5) is 14.2. The lowest BCUT2D eigenvalue weighted by Gasteiger charge is -2.42. The number of fused-ring (bicyclic) bond motifs is 1. The van der Waals surface area contributed by atoms with E-state index >= 15 is 0 Å². The largest absolute Gasteiger partial charge is 0.465 e. The topological polar surface area (TPSA) is 49.8 Å². The fraction of sp³-hybridized carbons (Fsp3) is 0.524. The molecule has 2 aliphatic carbocycles. The Balaban J connectivity index is 1.56. The van der Waals surface area contributed by atoms with Crippen molar-refractivity contribution in [1.29, 1.82) is 0 Å². The molecule has 4 nitrogen and oxygen atoms in total. The summed E-state index contributed by atoms with van der Waals surface area (Å²) >= 11 is 8.85. The van der Waals surface area contributed by atoms with Gasteiger partial charge in [-0.05, 0) is 48.4 Å². The van der Waals surface area contributed by atoms with E-state index in [0.29, 0.717) is 5.92 Å². The maximum atomic E-state index is 13.3. The first-order valence-corrected chi connectivity index (χ1v) is 10.7. The van der Waals surface area contributed by atoms with E-state index in [1.165, 1.54) is 0 Å².